The lowest BCUT2D eigenvalue weighted by molar-refractivity contribution is -0.384. The third kappa shape index (κ3) is 3.82. The van der Waals surface area contributed by atoms with Gasteiger partial charge in [-0.25, -0.2) is 0 Å². The van der Waals surface area contributed by atoms with E-state index in [0.717, 1.165) is 0 Å². The number of anilines is 1. The number of halogens is 2. The topological polar surface area (TPSA) is 97.0 Å². The van der Waals surface area contributed by atoms with Gasteiger partial charge in [0, 0.05) is 18.2 Å². The van der Waals surface area contributed by atoms with Crippen LogP contribution >= 0.6 is 23.2 Å². The molecule has 0 aromatic heterocycles. The zero-order valence-electron chi connectivity index (χ0n) is 11.8. The van der Waals surface area contributed by atoms with Crippen molar-refractivity contribution in [2.24, 2.45) is 5.10 Å². The molecule has 0 bridgehead atoms. The third-order valence-electron chi connectivity index (χ3n) is 2.87. The molecule has 0 fully saturated rings. The highest BCUT2D eigenvalue weighted by atomic mass is 35.5. The predicted octanol–water partition coefficient (Wildman–Crippen LogP) is 4.06. The Bertz CT molecular complexity index is 764. The first-order valence-corrected chi connectivity index (χ1v) is 6.98. The second-order valence-electron chi connectivity index (χ2n) is 4.32. The molecule has 2 rings (SSSR count). The number of benzene rings is 2. The molecule has 0 aliphatic heterocycles. The van der Waals surface area contributed by atoms with Crippen molar-refractivity contribution >= 4 is 40.8 Å². The lowest BCUT2D eigenvalue weighted by Gasteiger charge is -2.11. The van der Waals surface area contributed by atoms with E-state index in [9.17, 15) is 15.2 Å². The maximum Gasteiger partial charge on any atom is 0.269 e. The first-order chi connectivity index (χ1) is 10.9. The first kappa shape index (κ1) is 16.9. The number of ether oxygens (including phenoxy) is 1. The molecule has 23 heavy (non-hydrogen) atoms. The number of hydrogen-bond donors (Lipinski definition) is 2. The number of nitro groups is 1. The molecule has 0 unspecified atom stereocenters. The Morgan fingerprint density at radius 2 is 2.00 bits per heavy atom. The molecule has 0 radical (unpaired) electrons. The van der Waals surface area contributed by atoms with E-state index in [1.807, 2.05) is 0 Å². The van der Waals surface area contributed by atoms with Gasteiger partial charge < -0.3 is 9.84 Å². The van der Waals surface area contributed by atoms with Gasteiger partial charge in [-0.15, -0.1) is 0 Å². The number of methoxy groups -OCH3 is 1. The van der Waals surface area contributed by atoms with E-state index >= 15 is 0 Å². The van der Waals surface area contributed by atoms with E-state index in [1.165, 1.54) is 43.7 Å². The van der Waals surface area contributed by atoms with Gasteiger partial charge in [0.1, 0.15) is 5.69 Å². The van der Waals surface area contributed by atoms with Gasteiger partial charge in [-0.1, -0.05) is 23.2 Å². The molecule has 7 nitrogen and oxygen atoms in total. The van der Waals surface area contributed by atoms with Crippen LogP contribution in [0.25, 0.3) is 0 Å². The fraction of sp³-hybridized carbons (Fsp3) is 0.0714. The zero-order valence-corrected chi connectivity index (χ0v) is 13.3. The third-order valence-corrected chi connectivity index (χ3v) is 3.66. The first-order valence-electron chi connectivity index (χ1n) is 6.22. The Balaban J connectivity index is 2.20. The number of phenolic OH excluding ortho intramolecular Hbond substituents is 1. The van der Waals surface area contributed by atoms with Crippen LogP contribution in [0.2, 0.25) is 10.0 Å². The van der Waals surface area contributed by atoms with Gasteiger partial charge in [0.25, 0.3) is 5.69 Å². The molecule has 0 saturated heterocycles. The normalized spacial score (nSPS) is 10.7. The SMILES string of the molecule is COc1cc(Cl)c(Cl)c(N/N=C/c2ccc([N+](=O)[O-])cc2)c1O. The van der Waals surface area contributed by atoms with Gasteiger partial charge in [-0.05, 0) is 17.7 Å². The summed E-state index contributed by atoms with van der Waals surface area (Å²) in [5.41, 5.74) is 3.26. The monoisotopic (exact) mass is 355 g/mol. The van der Waals surface area contributed by atoms with E-state index in [1.54, 1.807) is 0 Å². The van der Waals surface area contributed by atoms with Crippen molar-refractivity contribution in [3.8, 4) is 11.5 Å². The smallest absolute Gasteiger partial charge is 0.269 e. The van der Waals surface area contributed by atoms with Crippen molar-refractivity contribution in [1.82, 2.24) is 0 Å². The fourth-order valence-corrected chi connectivity index (χ4v) is 2.08. The second-order valence-corrected chi connectivity index (χ2v) is 5.10. The minimum atomic E-state index is -0.491. The summed E-state index contributed by atoms with van der Waals surface area (Å²) in [4.78, 5) is 10.1. The van der Waals surface area contributed by atoms with Crippen LogP contribution < -0.4 is 10.2 Å². The average Bonchev–Trinajstić information content (AvgIpc) is 2.54. The molecule has 2 aromatic carbocycles. The average molecular weight is 356 g/mol. The summed E-state index contributed by atoms with van der Waals surface area (Å²) < 4.78 is 4.97. The highest BCUT2D eigenvalue weighted by molar-refractivity contribution is 6.44. The van der Waals surface area contributed by atoms with Crippen LogP contribution in [0.1, 0.15) is 5.56 Å². The molecule has 0 atom stereocenters. The number of aromatic hydroxyl groups is 1. The van der Waals surface area contributed by atoms with Crippen LogP contribution in [-0.2, 0) is 0 Å². The zero-order chi connectivity index (χ0) is 17.0. The van der Waals surface area contributed by atoms with E-state index in [4.69, 9.17) is 27.9 Å². The fourth-order valence-electron chi connectivity index (χ4n) is 1.70. The minimum Gasteiger partial charge on any atom is -0.503 e. The quantitative estimate of drug-likeness (QED) is 0.364. The van der Waals surface area contributed by atoms with Gasteiger partial charge >= 0.3 is 0 Å². The molecule has 2 N–H and O–H groups in total. The van der Waals surface area contributed by atoms with Gasteiger partial charge in [-0.3, -0.25) is 15.5 Å². The lowest BCUT2D eigenvalue weighted by Crippen LogP contribution is -1.95. The van der Waals surface area contributed by atoms with Gasteiger partial charge in [0.15, 0.2) is 11.5 Å². The van der Waals surface area contributed by atoms with Crippen molar-refractivity contribution in [3.63, 3.8) is 0 Å². The summed E-state index contributed by atoms with van der Waals surface area (Å²) in [6, 6.07) is 7.15. The number of phenols is 1. The van der Waals surface area contributed by atoms with Crippen molar-refractivity contribution in [1.29, 1.82) is 0 Å². The summed E-state index contributed by atoms with van der Waals surface area (Å²) in [5, 5.41) is 24.8. The summed E-state index contributed by atoms with van der Waals surface area (Å²) >= 11 is 11.9. The van der Waals surface area contributed by atoms with Gasteiger partial charge in [-0.2, -0.15) is 5.10 Å². The summed E-state index contributed by atoms with van der Waals surface area (Å²) in [5.74, 6) is -0.0878. The summed E-state index contributed by atoms with van der Waals surface area (Å²) in [6.45, 7) is 0. The van der Waals surface area contributed by atoms with Crippen LogP contribution in [0.4, 0.5) is 11.4 Å². The summed E-state index contributed by atoms with van der Waals surface area (Å²) in [7, 11) is 1.38. The molecule has 9 heteroatoms. The van der Waals surface area contributed by atoms with Gasteiger partial charge in [0.05, 0.1) is 28.3 Å². The van der Waals surface area contributed by atoms with Crippen molar-refractivity contribution < 1.29 is 14.8 Å². The molecule has 0 heterocycles. The Hall–Kier alpha value is -2.51. The maximum absolute atomic E-state index is 10.6. The molecular formula is C14H11Cl2N3O4. The number of nitro benzene ring substituents is 1. The molecular weight excluding hydrogens is 345 g/mol. The Kier molecular flexibility index (Phi) is 5.25. The number of hydrogen-bond acceptors (Lipinski definition) is 6. The molecule has 0 aliphatic rings. The maximum atomic E-state index is 10.6. The molecule has 0 aliphatic carbocycles. The highest BCUT2D eigenvalue weighted by Gasteiger charge is 2.15. The van der Waals surface area contributed by atoms with Crippen LogP contribution in [0, 0.1) is 10.1 Å². The lowest BCUT2D eigenvalue weighted by atomic mass is 10.2. The number of nitrogens with one attached hydrogen (secondary N) is 1. The van der Waals surface area contributed by atoms with E-state index in [-0.39, 0.29) is 32.9 Å². The Labute approximate surface area is 141 Å². The number of rotatable bonds is 5. The number of nitrogens with zero attached hydrogens (tertiary/aromatic N) is 2. The Morgan fingerprint density at radius 3 is 2.57 bits per heavy atom. The minimum absolute atomic E-state index is 0.0182. The molecule has 120 valence electrons. The van der Waals surface area contributed by atoms with E-state index < -0.39 is 4.92 Å². The van der Waals surface area contributed by atoms with Crippen LogP contribution in [0.5, 0.6) is 11.5 Å². The van der Waals surface area contributed by atoms with E-state index in [0.29, 0.717) is 5.56 Å². The highest BCUT2D eigenvalue weighted by Crippen LogP contribution is 2.44. The van der Waals surface area contributed by atoms with Crippen LogP contribution in [0.3, 0.4) is 0 Å². The predicted molar refractivity (Wildman–Crippen MR) is 89.0 cm³/mol. The van der Waals surface area contributed by atoms with Gasteiger partial charge in [0.2, 0.25) is 0 Å². The van der Waals surface area contributed by atoms with Crippen molar-refractivity contribution in [2.75, 3.05) is 12.5 Å². The number of non-ortho nitro benzene ring substituents is 1. The molecule has 2 aromatic rings. The van der Waals surface area contributed by atoms with Crippen molar-refractivity contribution in [2.45, 2.75) is 0 Å². The molecule has 0 spiro atoms. The largest absolute Gasteiger partial charge is 0.503 e. The molecule has 0 amide bonds. The Morgan fingerprint density at radius 1 is 1.35 bits per heavy atom. The standard InChI is InChI=1S/C14H11Cl2N3O4/c1-23-11-6-10(15)12(16)13(14(11)20)18-17-7-8-2-4-9(5-3-8)19(21)22/h2-7,18,20H,1H3/b17-7+. The van der Waals surface area contributed by atoms with Crippen molar-refractivity contribution in [3.05, 3.63) is 56.1 Å². The molecule has 0 saturated carbocycles. The second kappa shape index (κ2) is 7.17. The van der Waals surface area contributed by atoms with Crippen LogP contribution in [0.15, 0.2) is 35.4 Å². The van der Waals surface area contributed by atoms with E-state index in [2.05, 4.69) is 10.5 Å². The van der Waals surface area contributed by atoms with Crippen LogP contribution in [-0.4, -0.2) is 23.4 Å². The summed E-state index contributed by atoms with van der Waals surface area (Å²) in [6.07, 6.45) is 1.41. The number of hydrazone groups is 1.